The van der Waals surface area contributed by atoms with Gasteiger partial charge in [-0.2, -0.15) is 0 Å². The number of aliphatic carboxylic acids is 1. The summed E-state index contributed by atoms with van der Waals surface area (Å²) < 4.78 is 10.5. The van der Waals surface area contributed by atoms with Gasteiger partial charge in [0.15, 0.2) is 0 Å². The van der Waals surface area contributed by atoms with Crippen LogP contribution in [0.15, 0.2) is 18.2 Å². The Bertz CT molecular complexity index is 726. The predicted octanol–water partition coefficient (Wildman–Crippen LogP) is 1.13. The number of methoxy groups -OCH3 is 2. The van der Waals surface area contributed by atoms with Gasteiger partial charge in [0.25, 0.3) is 5.91 Å². The van der Waals surface area contributed by atoms with E-state index in [1.807, 2.05) is 4.90 Å². The van der Waals surface area contributed by atoms with Crippen LogP contribution in [0.2, 0.25) is 0 Å². The molecule has 0 spiro atoms. The Morgan fingerprint density at radius 3 is 2.42 bits per heavy atom. The first-order valence-electron chi connectivity index (χ1n) is 8.52. The molecule has 3 rings (SSSR count). The fourth-order valence-corrected chi connectivity index (χ4v) is 3.58. The number of likely N-dealkylation sites (tertiary alicyclic amines) is 1. The third-order valence-electron chi connectivity index (χ3n) is 5.07. The van der Waals surface area contributed by atoms with Gasteiger partial charge in [0.2, 0.25) is 5.91 Å². The number of hydrogen-bond donors (Lipinski definition) is 1. The van der Waals surface area contributed by atoms with Crippen molar-refractivity contribution >= 4 is 23.5 Å². The monoisotopic (exact) mass is 362 g/mol. The second-order valence-electron chi connectivity index (χ2n) is 6.47. The molecule has 8 heteroatoms. The minimum Gasteiger partial charge on any atom is -0.497 e. The average molecular weight is 362 g/mol. The SMILES string of the molecule is COc1ccc(N2C(=O)CC(N3CCC(C(=O)O)CC3)C2=O)c(OC)c1. The number of anilines is 1. The molecule has 1 unspecified atom stereocenters. The molecule has 8 nitrogen and oxygen atoms in total. The van der Waals surface area contributed by atoms with Crippen molar-refractivity contribution in [3.8, 4) is 11.5 Å². The molecule has 2 heterocycles. The van der Waals surface area contributed by atoms with Crippen molar-refractivity contribution in [2.24, 2.45) is 5.92 Å². The molecule has 2 aliphatic rings. The lowest BCUT2D eigenvalue weighted by Crippen LogP contribution is -2.46. The van der Waals surface area contributed by atoms with Gasteiger partial charge in [0.1, 0.15) is 11.5 Å². The molecule has 2 amide bonds. The van der Waals surface area contributed by atoms with E-state index >= 15 is 0 Å². The predicted molar refractivity (Wildman–Crippen MR) is 92.4 cm³/mol. The van der Waals surface area contributed by atoms with E-state index in [1.165, 1.54) is 14.2 Å². The number of rotatable bonds is 5. The van der Waals surface area contributed by atoms with Crippen molar-refractivity contribution in [2.75, 3.05) is 32.2 Å². The first kappa shape index (κ1) is 18.2. The van der Waals surface area contributed by atoms with E-state index in [4.69, 9.17) is 14.6 Å². The van der Waals surface area contributed by atoms with Gasteiger partial charge in [-0.25, -0.2) is 4.90 Å². The van der Waals surface area contributed by atoms with Gasteiger partial charge in [-0.1, -0.05) is 0 Å². The lowest BCUT2D eigenvalue weighted by atomic mass is 9.96. The summed E-state index contributed by atoms with van der Waals surface area (Å²) in [6.45, 7) is 0.989. The minimum atomic E-state index is -0.803. The number of amides is 2. The van der Waals surface area contributed by atoms with Crippen molar-refractivity contribution in [1.82, 2.24) is 4.90 Å². The smallest absolute Gasteiger partial charge is 0.306 e. The van der Waals surface area contributed by atoms with E-state index in [0.717, 1.165) is 4.90 Å². The zero-order valence-electron chi connectivity index (χ0n) is 14.8. The van der Waals surface area contributed by atoms with Crippen molar-refractivity contribution in [1.29, 1.82) is 0 Å². The summed E-state index contributed by atoms with van der Waals surface area (Å²) in [5.41, 5.74) is 0.395. The summed E-state index contributed by atoms with van der Waals surface area (Å²) in [6.07, 6.45) is 1.06. The Balaban J connectivity index is 1.79. The molecule has 0 radical (unpaired) electrons. The Hall–Kier alpha value is -2.61. The van der Waals surface area contributed by atoms with Crippen LogP contribution in [0.3, 0.4) is 0 Å². The standard InChI is InChI=1S/C18H22N2O6/c1-25-12-3-4-13(15(9-12)26-2)20-16(21)10-14(17(20)22)19-7-5-11(6-8-19)18(23)24/h3-4,9,11,14H,5-8,10H2,1-2H3,(H,23,24). The van der Waals surface area contributed by atoms with Gasteiger partial charge in [-0.05, 0) is 38.1 Å². The fraction of sp³-hybridized carbons (Fsp3) is 0.500. The zero-order chi connectivity index (χ0) is 18.8. The third kappa shape index (κ3) is 3.24. The highest BCUT2D eigenvalue weighted by Gasteiger charge is 2.44. The number of carboxylic acids is 1. The first-order chi connectivity index (χ1) is 12.5. The summed E-state index contributed by atoms with van der Waals surface area (Å²) in [4.78, 5) is 39.6. The number of carbonyl (C=O) groups is 3. The number of benzene rings is 1. The largest absolute Gasteiger partial charge is 0.497 e. The quantitative estimate of drug-likeness (QED) is 0.785. The number of imide groups is 1. The van der Waals surface area contributed by atoms with Crippen LogP contribution >= 0.6 is 0 Å². The summed E-state index contributed by atoms with van der Waals surface area (Å²) in [6, 6.07) is 4.38. The zero-order valence-corrected chi connectivity index (χ0v) is 14.8. The van der Waals surface area contributed by atoms with E-state index in [0.29, 0.717) is 43.1 Å². The van der Waals surface area contributed by atoms with Gasteiger partial charge in [-0.15, -0.1) is 0 Å². The molecule has 0 aromatic heterocycles. The Morgan fingerprint density at radius 2 is 1.85 bits per heavy atom. The maximum atomic E-state index is 12.9. The Labute approximate surface area is 151 Å². The number of carboxylic acid groups (broad SMARTS) is 1. The number of hydrogen-bond acceptors (Lipinski definition) is 6. The summed E-state index contributed by atoms with van der Waals surface area (Å²) >= 11 is 0. The molecule has 1 atom stereocenters. The summed E-state index contributed by atoms with van der Waals surface area (Å²) in [5.74, 6) is -0.816. The molecule has 140 valence electrons. The number of ether oxygens (including phenoxy) is 2. The number of carbonyl (C=O) groups excluding carboxylic acids is 2. The molecular formula is C18H22N2O6. The molecule has 0 bridgehead atoms. The maximum Gasteiger partial charge on any atom is 0.306 e. The molecular weight excluding hydrogens is 340 g/mol. The number of nitrogens with zero attached hydrogens (tertiary/aromatic N) is 2. The Morgan fingerprint density at radius 1 is 1.15 bits per heavy atom. The van der Waals surface area contributed by atoms with Crippen LogP contribution in [0, 0.1) is 5.92 Å². The van der Waals surface area contributed by atoms with Crippen LogP contribution in [0.25, 0.3) is 0 Å². The van der Waals surface area contributed by atoms with Crippen LogP contribution in [-0.4, -0.2) is 61.1 Å². The van der Waals surface area contributed by atoms with E-state index in [-0.39, 0.29) is 24.2 Å². The Kier molecular flexibility index (Phi) is 5.13. The van der Waals surface area contributed by atoms with Crippen LogP contribution in [0.5, 0.6) is 11.5 Å². The van der Waals surface area contributed by atoms with E-state index in [2.05, 4.69) is 0 Å². The van der Waals surface area contributed by atoms with Gasteiger partial charge >= 0.3 is 5.97 Å². The topological polar surface area (TPSA) is 96.4 Å². The van der Waals surface area contributed by atoms with E-state index in [9.17, 15) is 14.4 Å². The molecule has 1 aromatic carbocycles. The molecule has 2 aliphatic heterocycles. The number of piperidine rings is 1. The van der Waals surface area contributed by atoms with Crippen molar-refractivity contribution in [2.45, 2.75) is 25.3 Å². The van der Waals surface area contributed by atoms with E-state index in [1.54, 1.807) is 18.2 Å². The van der Waals surface area contributed by atoms with Crippen LogP contribution in [0.1, 0.15) is 19.3 Å². The second-order valence-corrected chi connectivity index (χ2v) is 6.47. The van der Waals surface area contributed by atoms with Crippen LogP contribution in [-0.2, 0) is 14.4 Å². The van der Waals surface area contributed by atoms with Crippen molar-refractivity contribution in [3.63, 3.8) is 0 Å². The summed E-state index contributed by atoms with van der Waals surface area (Å²) in [7, 11) is 2.99. The lowest BCUT2D eigenvalue weighted by Gasteiger charge is -2.33. The van der Waals surface area contributed by atoms with Crippen LogP contribution < -0.4 is 14.4 Å². The van der Waals surface area contributed by atoms with Gasteiger partial charge in [0, 0.05) is 6.07 Å². The van der Waals surface area contributed by atoms with Crippen molar-refractivity contribution in [3.05, 3.63) is 18.2 Å². The third-order valence-corrected chi connectivity index (χ3v) is 5.07. The molecule has 0 aliphatic carbocycles. The highest BCUT2D eigenvalue weighted by Crippen LogP contribution is 2.36. The van der Waals surface area contributed by atoms with E-state index < -0.39 is 12.0 Å². The molecule has 0 saturated carbocycles. The molecule has 2 saturated heterocycles. The van der Waals surface area contributed by atoms with Crippen LogP contribution in [0.4, 0.5) is 5.69 Å². The molecule has 1 aromatic rings. The van der Waals surface area contributed by atoms with Gasteiger partial charge in [-0.3, -0.25) is 19.3 Å². The molecule has 1 N–H and O–H groups in total. The average Bonchev–Trinajstić information content (AvgIpc) is 2.95. The summed E-state index contributed by atoms with van der Waals surface area (Å²) in [5, 5.41) is 9.10. The molecule has 2 fully saturated rings. The van der Waals surface area contributed by atoms with Crippen molar-refractivity contribution < 1.29 is 29.0 Å². The lowest BCUT2D eigenvalue weighted by molar-refractivity contribution is -0.143. The molecule has 26 heavy (non-hydrogen) atoms. The first-order valence-corrected chi connectivity index (χ1v) is 8.52. The normalized spacial score (nSPS) is 21.9. The highest BCUT2D eigenvalue weighted by atomic mass is 16.5. The minimum absolute atomic E-state index is 0.0890. The fourth-order valence-electron chi connectivity index (χ4n) is 3.58. The van der Waals surface area contributed by atoms with Gasteiger partial charge in [0.05, 0.1) is 38.3 Å². The maximum absolute atomic E-state index is 12.9. The highest BCUT2D eigenvalue weighted by molar-refractivity contribution is 6.23. The van der Waals surface area contributed by atoms with Gasteiger partial charge < -0.3 is 14.6 Å². The second kappa shape index (κ2) is 7.33.